The molecule has 1 aliphatic carbocycles. The molecule has 2 amide bonds. The van der Waals surface area contributed by atoms with Crippen molar-refractivity contribution in [2.75, 3.05) is 6.54 Å². The lowest BCUT2D eigenvalue weighted by Crippen LogP contribution is -2.56. The van der Waals surface area contributed by atoms with E-state index in [9.17, 15) is 28.8 Å². The van der Waals surface area contributed by atoms with Gasteiger partial charge in [0.25, 0.3) is 0 Å². The molecule has 3 heterocycles. The second-order valence-electron chi connectivity index (χ2n) is 16.0. The number of carbonyl (C=O) groups is 6. The van der Waals surface area contributed by atoms with Crippen LogP contribution in [0.25, 0.3) is 0 Å². The van der Waals surface area contributed by atoms with Crippen molar-refractivity contribution < 1.29 is 28.8 Å². The number of likely N-dealkylation sites (tertiary alicyclic amines) is 1. The number of hydrogen-bond donors (Lipinski definition) is 2. The summed E-state index contributed by atoms with van der Waals surface area (Å²) in [6, 6.07) is 2.07. The fraction of sp³-hybridized carbons (Fsp3) is 0.700. The van der Waals surface area contributed by atoms with E-state index in [-0.39, 0.29) is 72.2 Å². The van der Waals surface area contributed by atoms with Crippen LogP contribution in [0.3, 0.4) is 0 Å². The maximum absolute atomic E-state index is 14.4. The van der Waals surface area contributed by atoms with Gasteiger partial charge in [0.2, 0.25) is 17.6 Å². The third-order valence-corrected chi connectivity index (χ3v) is 11.3. The number of carbonyl (C=O) groups excluding carboxylic acids is 6. The monoisotopic (exact) mass is 733 g/mol. The molecule has 0 spiro atoms. The predicted molar refractivity (Wildman–Crippen MR) is 198 cm³/mol. The Morgan fingerprint density at radius 1 is 0.943 bits per heavy atom. The van der Waals surface area contributed by atoms with Gasteiger partial charge in [0.05, 0.1) is 6.04 Å². The van der Waals surface area contributed by atoms with Crippen molar-refractivity contribution in [3.05, 3.63) is 35.9 Å². The summed E-state index contributed by atoms with van der Waals surface area (Å²) >= 11 is 0. The first kappa shape index (κ1) is 41.6. The molecule has 0 radical (unpaired) electrons. The molecule has 1 aliphatic heterocycles. The standard InChI is InChI=1S/C40H59N7O6/c1-7-11-28(38(51)34(50)20-26(6)27-16-18-41-19-17-27)21-33(49)37-31-14-10-12-29(31)23-47(37)40(53)36(25(4)5)42-39(52)32(24(2)3)22-30(48)13-8-9-15-35-43-45-46-44-35/h16-19,24-26,28-29,31-32,36-37H,7-15,20-23H2,1-6H3,(H,42,52)(H,43,44,45,46)/t26-,28?,29-,31-,32+,36-,37-/m0/s1. The van der Waals surface area contributed by atoms with Gasteiger partial charge in [-0.25, -0.2) is 0 Å². The summed E-state index contributed by atoms with van der Waals surface area (Å²) in [7, 11) is 0. The predicted octanol–water partition coefficient (Wildman–Crippen LogP) is 5.01. The van der Waals surface area contributed by atoms with Gasteiger partial charge in [-0.2, -0.15) is 5.21 Å². The van der Waals surface area contributed by atoms with Gasteiger partial charge < -0.3 is 10.2 Å². The highest BCUT2D eigenvalue weighted by Gasteiger charge is 2.51. The number of pyridine rings is 1. The van der Waals surface area contributed by atoms with Gasteiger partial charge in [-0.15, -0.1) is 10.2 Å². The van der Waals surface area contributed by atoms with Gasteiger partial charge in [-0.1, -0.05) is 59.6 Å². The minimum atomic E-state index is -0.882. The minimum Gasteiger partial charge on any atom is -0.344 e. The highest BCUT2D eigenvalue weighted by atomic mass is 16.2. The topological polar surface area (TPSA) is 185 Å². The Bertz CT molecular complexity index is 1550. The lowest BCUT2D eigenvalue weighted by atomic mass is 9.83. The van der Waals surface area contributed by atoms with Gasteiger partial charge in [0, 0.05) is 62.9 Å². The highest BCUT2D eigenvalue weighted by molar-refractivity contribution is 6.38. The number of aromatic nitrogens is 5. The van der Waals surface area contributed by atoms with Crippen LogP contribution in [0.1, 0.15) is 129 Å². The molecule has 2 aromatic rings. The molecule has 1 saturated heterocycles. The largest absolute Gasteiger partial charge is 0.344 e. The highest BCUT2D eigenvalue weighted by Crippen LogP contribution is 2.43. The Hall–Kier alpha value is -4.16. The van der Waals surface area contributed by atoms with Gasteiger partial charge in [0.1, 0.15) is 11.8 Å². The molecule has 2 aromatic heterocycles. The number of aromatic amines is 1. The number of aryl methyl sites for hydroxylation is 1. The second kappa shape index (κ2) is 19.8. The Morgan fingerprint density at radius 3 is 2.32 bits per heavy atom. The molecule has 0 aromatic carbocycles. The molecule has 13 heteroatoms. The van der Waals surface area contributed by atoms with Gasteiger partial charge in [0.15, 0.2) is 17.4 Å². The van der Waals surface area contributed by atoms with Crippen LogP contribution >= 0.6 is 0 Å². The van der Waals surface area contributed by atoms with Crippen LogP contribution in [-0.4, -0.2) is 84.1 Å². The van der Waals surface area contributed by atoms with Crippen molar-refractivity contribution in [3.8, 4) is 0 Å². The molecule has 1 saturated carbocycles. The number of tetrazole rings is 1. The number of nitrogens with one attached hydrogen (secondary N) is 2. The first-order valence-electron chi connectivity index (χ1n) is 19.7. The smallest absolute Gasteiger partial charge is 0.246 e. The van der Waals surface area contributed by atoms with Crippen molar-refractivity contribution in [3.63, 3.8) is 0 Å². The van der Waals surface area contributed by atoms with Crippen molar-refractivity contribution in [2.24, 2.45) is 35.5 Å². The van der Waals surface area contributed by atoms with E-state index in [4.69, 9.17) is 0 Å². The van der Waals surface area contributed by atoms with Crippen LogP contribution in [0.5, 0.6) is 0 Å². The summed E-state index contributed by atoms with van der Waals surface area (Å²) in [4.78, 5) is 87.9. The summed E-state index contributed by atoms with van der Waals surface area (Å²) < 4.78 is 0. The van der Waals surface area contributed by atoms with E-state index in [0.717, 1.165) is 31.2 Å². The average molecular weight is 734 g/mol. The van der Waals surface area contributed by atoms with Crippen LogP contribution < -0.4 is 5.32 Å². The van der Waals surface area contributed by atoms with Gasteiger partial charge >= 0.3 is 0 Å². The second-order valence-corrected chi connectivity index (χ2v) is 16.0. The lowest BCUT2D eigenvalue weighted by molar-refractivity contribution is -0.145. The van der Waals surface area contributed by atoms with Crippen molar-refractivity contribution in [2.45, 2.75) is 137 Å². The average Bonchev–Trinajstić information content (AvgIpc) is 3.89. The first-order valence-corrected chi connectivity index (χ1v) is 19.7. The number of hydrogen-bond acceptors (Lipinski definition) is 10. The molecule has 1 unspecified atom stereocenters. The SMILES string of the molecule is CCCC(CC(=O)[C@@H]1[C@H]2CCC[C@H]2CN1C(=O)[C@@H](NC(=O)[C@H](CC(=O)CCCCc1nn[nH]n1)C(C)C)C(C)C)C(=O)C(=O)C[C@H](C)c1ccncc1. The Kier molecular flexibility index (Phi) is 15.5. The summed E-state index contributed by atoms with van der Waals surface area (Å²) in [6.45, 7) is 11.8. The van der Waals surface area contributed by atoms with E-state index < -0.39 is 35.5 Å². The Balaban J connectivity index is 1.42. The zero-order chi connectivity index (χ0) is 38.7. The molecule has 2 fully saturated rings. The summed E-state index contributed by atoms with van der Waals surface area (Å²) in [5.74, 6) is -3.04. The first-order chi connectivity index (χ1) is 25.3. The van der Waals surface area contributed by atoms with E-state index >= 15 is 0 Å². The van der Waals surface area contributed by atoms with Crippen molar-refractivity contribution >= 4 is 34.9 Å². The lowest BCUT2D eigenvalue weighted by Gasteiger charge is -2.33. The maximum atomic E-state index is 14.4. The van der Waals surface area contributed by atoms with Crippen LogP contribution in [0, 0.1) is 35.5 Å². The number of nitrogens with zero attached hydrogens (tertiary/aromatic N) is 5. The zero-order valence-corrected chi connectivity index (χ0v) is 32.4. The summed E-state index contributed by atoms with van der Waals surface area (Å²) in [5.41, 5.74) is 0.919. The Morgan fingerprint density at radius 2 is 1.68 bits per heavy atom. The maximum Gasteiger partial charge on any atom is 0.246 e. The fourth-order valence-corrected chi connectivity index (χ4v) is 8.22. The number of Topliss-reactive ketones (excluding diaryl/α,β-unsaturated/α-hetero) is 4. The summed E-state index contributed by atoms with van der Waals surface area (Å²) in [6.07, 6.45) is 9.39. The minimum absolute atomic E-state index is 0.0149. The van der Waals surface area contributed by atoms with Crippen LogP contribution in [-0.2, 0) is 35.2 Å². The molecule has 2 N–H and O–H groups in total. The molecule has 2 aliphatic rings. The third-order valence-electron chi connectivity index (χ3n) is 11.3. The molecule has 0 bridgehead atoms. The normalized spacial score (nSPS) is 20.5. The third kappa shape index (κ3) is 11.2. The zero-order valence-electron chi connectivity index (χ0n) is 32.4. The van der Waals surface area contributed by atoms with E-state index in [1.54, 1.807) is 17.3 Å². The Labute approximate surface area is 313 Å². The van der Waals surface area contributed by atoms with Crippen molar-refractivity contribution in [1.29, 1.82) is 0 Å². The van der Waals surface area contributed by atoms with E-state index in [2.05, 4.69) is 30.9 Å². The number of rotatable bonds is 22. The molecule has 13 nitrogen and oxygen atoms in total. The number of H-pyrrole nitrogens is 1. The quantitative estimate of drug-likeness (QED) is 0.123. The van der Waals surface area contributed by atoms with E-state index in [0.29, 0.717) is 44.5 Å². The molecule has 7 atom stereocenters. The van der Waals surface area contributed by atoms with Gasteiger partial charge in [-0.05, 0) is 79.4 Å². The molecular formula is C40H59N7O6. The molecule has 53 heavy (non-hydrogen) atoms. The van der Waals surface area contributed by atoms with E-state index in [1.807, 2.05) is 53.7 Å². The number of ketones is 4. The van der Waals surface area contributed by atoms with Crippen LogP contribution in [0.4, 0.5) is 0 Å². The molecular weight excluding hydrogens is 674 g/mol. The van der Waals surface area contributed by atoms with Crippen molar-refractivity contribution in [1.82, 2.24) is 35.8 Å². The summed E-state index contributed by atoms with van der Waals surface area (Å²) in [5, 5.41) is 16.8. The van der Waals surface area contributed by atoms with Crippen LogP contribution in [0.2, 0.25) is 0 Å². The number of unbranched alkanes of at least 4 members (excludes halogenated alkanes) is 1. The fourth-order valence-electron chi connectivity index (χ4n) is 8.22. The molecule has 290 valence electrons. The van der Waals surface area contributed by atoms with Gasteiger partial charge in [-0.3, -0.25) is 33.8 Å². The number of fused-ring (bicyclic) bond motifs is 1. The van der Waals surface area contributed by atoms with Crippen LogP contribution in [0.15, 0.2) is 24.5 Å². The number of amides is 2. The van der Waals surface area contributed by atoms with E-state index in [1.165, 1.54) is 0 Å². The molecule has 4 rings (SSSR count).